The fourth-order valence-corrected chi connectivity index (χ4v) is 1.93. The zero-order valence-corrected chi connectivity index (χ0v) is 12.7. The Hall–Kier alpha value is -2.08. The lowest BCUT2D eigenvalue weighted by Gasteiger charge is -2.10. The number of methoxy groups -OCH3 is 1. The number of nitrogens with zero attached hydrogens (tertiary/aromatic N) is 1. The average Bonchev–Trinajstić information content (AvgIpc) is 2.43. The smallest absolute Gasteiger partial charge is 0.259 e. The van der Waals surface area contributed by atoms with E-state index < -0.39 is 0 Å². The highest BCUT2D eigenvalue weighted by atomic mass is 79.9. The molecule has 0 bridgehead atoms. The Bertz CT molecular complexity index is 659. The Morgan fingerprint density at radius 1 is 1.45 bits per heavy atom. The normalized spacial score (nSPS) is 10.2. The van der Waals surface area contributed by atoms with E-state index in [0.717, 1.165) is 10.0 Å². The second-order valence-corrected chi connectivity index (χ2v) is 5.05. The number of ether oxygens (including phenoxy) is 1. The maximum Gasteiger partial charge on any atom is 0.259 e. The molecule has 0 saturated carbocycles. The number of nitrogens with two attached hydrogens (primary N) is 1. The van der Waals surface area contributed by atoms with Gasteiger partial charge in [-0.3, -0.25) is 4.79 Å². The van der Waals surface area contributed by atoms with Gasteiger partial charge in [-0.05, 0) is 46.6 Å². The monoisotopic (exact) mass is 335 g/mol. The van der Waals surface area contributed by atoms with Crippen LogP contribution in [0, 0.1) is 6.92 Å². The highest BCUT2D eigenvalue weighted by molar-refractivity contribution is 9.10. The third kappa shape index (κ3) is 2.91. The number of carbonyl (C=O) groups excluding carboxylic acids is 1. The predicted molar refractivity (Wildman–Crippen MR) is 82.0 cm³/mol. The number of aryl methyl sites for hydroxylation is 1. The number of halogens is 1. The van der Waals surface area contributed by atoms with Gasteiger partial charge in [-0.15, -0.1) is 0 Å². The summed E-state index contributed by atoms with van der Waals surface area (Å²) < 4.78 is 5.98. The number of carbonyl (C=O) groups is 1. The fourth-order valence-electron chi connectivity index (χ4n) is 1.71. The molecule has 2 rings (SSSR count). The van der Waals surface area contributed by atoms with Gasteiger partial charge in [0.15, 0.2) is 0 Å². The molecule has 0 aliphatic carbocycles. The van der Waals surface area contributed by atoms with Crippen LogP contribution in [0.3, 0.4) is 0 Å². The van der Waals surface area contributed by atoms with Crippen LogP contribution < -0.4 is 15.8 Å². The molecule has 1 aromatic carbocycles. The van der Waals surface area contributed by atoms with Gasteiger partial charge < -0.3 is 15.8 Å². The number of nitrogens with one attached hydrogen (secondary N) is 1. The van der Waals surface area contributed by atoms with Gasteiger partial charge >= 0.3 is 0 Å². The summed E-state index contributed by atoms with van der Waals surface area (Å²) in [7, 11) is 1.51. The van der Waals surface area contributed by atoms with Crippen molar-refractivity contribution in [3.63, 3.8) is 0 Å². The lowest BCUT2D eigenvalue weighted by molar-refractivity contribution is 0.102. The molecule has 0 fully saturated rings. The second kappa shape index (κ2) is 5.92. The topological polar surface area (TPSA) is 77.2 Å². The summed E-state index contributed by atoms with van der Waals surface area (Å²) in [6.45, 7) is 1.92. The minimum Gasteiger partial charge on any atom is -0.495 e. The van der Waals surface area contributed by atoms with Crippen molar-refractivity contribution < 1.29 is 9.53 Å². The van der Waals surface area contributed by atoms with E-state index >= 15 is 0 Å². The van der Waals surface area contributed by atoms with Crippen LogP contribution in [0.25, 0.3) is 0 Å². The van der Waals surface area contributed by atoms with E-state index in [1.807, 2.05) is 6.92 Å². The Labute approximate surface area is 125 Å². The minimum atomic E-state index is -0.323. The molecule has 104 valence electrons. The highest BCUT2D eigenvalue weighted by Gasteiger charge is 2.13. The number of benzene rings is 1. The molecule has 0 atom stereocenters. The Morgan fingerprint density at radius 2 is 2.20 bits per heavy atom. The third-order valence-corrected chi connectivity index (χ3v) is 3.65. The van der Waals surface area contributed by atoms with Gasteiger partial charge in [-0.25, -0.2) is 4.98 Å². The molecule has 20 heavy (non-hydrogen) atoms. The number of nitrogen functional groups attached to an aromatic ring is 1. The van der Waals surface area contributed by atoms with Crippen molar-refractivity contribution in [2.45, 2.75) is 6.92 Å². The first-order valence-electron chi connectivity index (χ1n) is 5.89. The van der Waals surface area contributed by atoms with E-state index in [2.05, 4.69) is 26.2 Å². The van der Waals surface area contributed by atoms with E-state index in [0.29, 0.717) is 22.8 Å². The quantitative estimate of drug-likeness (QED) is 0.845. The van der Waals surface area contributed by atoms with E-state index in [4.69, 9.17) is 10.5 Å². The molecule has 1 aromatic heterocycles. The number of para-hydroxylation sites is 1. The van der Waals surface area contributed by atoms with Crippen molar-refractivity contribution in [3.8, 4) is 5.75 Å². The first-order chi connectivity index (χ1) is 9.52. The van der Waals surface area contributed by atoms with Crippen molar-refractivity contribution in [3.05, 3.63) is 46.1 Å². The number of hydrogen-bond acceptors (Lipinski definition) is 4. The van der Waals surface area contributed by atoms with Gasteiger partial charge in [-0.2, -0.15) is 0 Å². The maximum atomic E-state index is 12.2. The van der Waals surface area contributed by atoms with Crippen molar-refractivity contribution >= 4 is 33.3 Å². The van der Waals surface area contributed by atoms with Crippen molar-refractivity contribution in [2.75, 3.05) is 18.2 Å². The molecular formula is C14H14BrN3O2. The van der Waals surface area contributed by atoms with Crippen LogP contribution in [0.5, 0.6) is 5.75 Å². The lowest BCUT2D eigenvalue weighted by Crippen LogP contribution is -2.15. The second-order valence-electron chi connectivity index (χ2n) is 4.19. The largest absolute Gasteiger partial charge is 0.495 e. The van der Waals surface area contributed by atoms with E-state index in [-0.39, 0.29) is 5.91 Å². The Morgan fingerprint density at radius 3 is 2.85 bits per heavy atom. The maximum absolute atomic E-state index is 12.2. The molecule has 1 amide bonds. The molecule has 6 heteroatoms. The first-order valence-corrected chi connectivity index (χ1v) is 6.68. The molecular weight excluding hydrogens is 322 g/mol. The van der Waals surface area contributed by atoms with Gasteiger partial charge in [0, 0.05) is 10.7 Å². The summed E-state index contributed by atoms with van der Waals surface area (Å²) in [6.07, 6.45) is 1.64. The summed E-state index contributed by atoms with van der Waals surface area (Å²) in [5.74, 6) is 0.617. The lowest BCUT2D eigenvalue weighted by atomic mass is 10.1. The van der Waals surface area contributed by atoms with Crippen molar-refractivity contribution in [1.82, 2.24) is 4.98 Å². The van der Waals surface area contributed by atoms with E-state index in [9.17, 15) is 4.79 Å². The summed E-state index contributed by atoms with van der Waals surface area (Å²) in [5.41, 5.74) is 7.53. The standard InChI is InChI=1S/C14H14BrN3O2/c1-8-6-12(17-7-10(8)15)18-14(19)9-4-3-5-11(20-2)13(9)16/h3-7H,16H2,1-2H3,(H,17,18,19). The van der Waals surface area contributed by atoms with Crippen LogP contribution in [-0.4, -0.2) is 18.0 Å². The number of pyridine rings is 1. The number of rotatable bonds is 3. The highest BCUT2D eigenvalue weighted by Crippen LogP contribution is 2.25. The zero-order valence-electron chi connectivity index (χ0n) is 11.1. The molecule has 0 saturated heterocycles. The van der Waals surface area contributed by atoms with Gasteiger partial charge in [0.1, 0.15) is 11.6 Å². The molecule has 0 aliphatic heterocycles. The Kier molecular flexibility index (Phi) is 4.24. The number of aromatic nitrogens is 1. The van der Waals surface area contributed by atoms with Crippen LogP contribution in [-0.2, 0) is 0 Å². The number of amides is 1. The van der Waals surface area contributed by atoms with Crippen LogP contribution in [0.15, 0.2) is 34.9 Å². The van der Waals surface area contributed by atoms with E-state index in [1.165, 1.54) is 7.11 Å². The van der Waals surface area contributed by atoms with Crippen molar-refractivity contribution in [2.24, 2.45) is 0 Å². The molecule has 3 N–H and O–H groups in total. The molecule has 1 heterocycles. The molecule has 0 unspecified atom stereocenters. The fraction of sp³-hybridized carbons (Fsp3) is 0.143. The number of anilines is 2. The predicted octanol–water partition coefficient (Wildman–Crippen LogP) is 3.00. The Balaban J connectivity index is 2.26. The molecule has 0 radical (unpaired) electrons. The SMILES string of the molecule is COc1cccc(C(=O)Nc2cc(C)c(Br)cn2)c1N. The van der Waals surface area contributed by atoms with Gasteiger partial charge in [0.25, 0.3) is 5.91 Å². The molecule has 2 aromatic rings. The van der Waals surface area contributed by atoms with Crippen LogP contribution >= 0.6 is 15.9 Å². The third-order valence-electron chi connectivity index (χ3n) is 2.82. The van der Waals surface area contributed by atoms with Crippen molar-refractivity contribution in [1.29, 1.82) is 0 Å². The zero-order chi connectivity index (χ0) is 14.7. The van der Waals surface area contributed by atoms with Crippen LogP contribution in [0.2, 0.25) is 0 Å². The summed E-state index contributed by atoms with van der Waals surface area (Å²) in [5, 5.41) is 2.71. The number of hydrogen-bond donors (Lipinski definition) is 2. The van der Waals surface area contributed by atoms with Gasteiger partial charge in [0.2, 0.25) is 0 Å². The first kappa shape index (κ1) is 14.3. The van der Waals surface area contributed by atoms with Crippen LogP contribution in [0.1, 0.15) is 15.9 Å². The summed E-state index contributed by atoms with van der Waals surface area (Å²) in [4.78, 5) is 16.3. The molecule has 0 aliphatic rings. The summed E-state index contributed by atoms with van der Waals surface area (Å²) >= 11 is 3.36. The molecule has 5 nitrogen and oxygen atoms in total. The molecule has 0 spiro atoms. The minimum absolute atomic E-state index is 0.307. The van der Waals surface area contributed by atoms with Gasteiger partial charge in [-0.1, -0.05) is 6.07 Å². The van der Waals surface area contributed by atoms with Gasteiger partial charge in [0.05, 0.1) is 18.4 Å². The van der Waals surface area contributed by atoms with Crippen LogP contribution in [0.4, 0.5) is 11.5 Å². The summed E-state index contributed by atoms with van der Waals surface area (Å²) in [6, 6.07) is 6.83. The average molecular weight is 336 g/mol. The van der Waals surface area contributed by atoms with E-state index in [1.54, 1.807) is 30.5 Å².